The monoisotopic (exact) mass is 332 g/mol. The molecule has 7 nitrogen and oxygen atoms in total. The highest BCUT2D eigenvalue weighted by Crippen LogP contribution is 2.28. The lowest BCUT2D eigenvalue weighted by atomic mass is 10.1. The first kappa shape index (κ1) is 14.8. The molecule has 122 valence electrons. The number of ether oxygens (including phenoxy) is 1. The number of Topliss-reactive ketones (excluding diaryl/α,β-unsaturated/α-hetero) is 1. The van der Waals surface area contributed by atoms with Gasteiger partial charge in [0.05, 0.1) is 11.9 Å². The number of aldehydes is 1. The quantitative estimate of drug-likeness (QED) is 0.433. The third-order valence-electron chi connectivity index (χ3n) is 3.73. The average molecular weight is 332 g/mol. The predicted octanol–water partition coefficient (Wildman–Crippen LogP) is 2.42. The van der Waals surface area contributed by atoms with E-state index in [4.69, 9.17) is 4.74 Å². The number of rotatable bonds is 4. The molecule has 3 aromatic rings. The minimum Gasteiger partial charge on any atom is -0.436 e. The molecule has 2 N–H and O–H groups in total. The van der Waals surface area contributed by atoms with Crippen LogP contribution in [0.3, 0.4) is 0 Å². The Morgan fingerprint density at radius 3 is 2.88 bits per heavy atom. The van der Waals surface area contributed by atoms with Crippen LogP contribution in [0.2, 0.25) is 0 Å². The zero-order valence-electron chi connectivity index (χ0n) is 12.9. The van der Waals surface area contributed by atoms with Crippen molar-refractivity contribution < 1.29 is 14.3 Å². The molecular formula is C18H12N4O3. The molecule has 1 aliphatic heterocycles. The molecule has 0 unspecified atom stereocenters. The first-order valence-electron chi connectivity index (χ1n) is 7.49. The molecule has 4 heterocycles. The van der Waals surface area contributed by atoms with Gasteiger partial charge in [-0.3, -0.25) is 14.6 Å². The van der Waals surface area contributed by atoms with Crippen molar-refractivity contribution >= 4 is 34.9 Å². The van der Waals surface area contributed by atoms with Crippen molar-refractivity contribution in [2.24, 2.45) is 0 Å². The van der Waals surface area contributed by atoms with Crippen LogP contribution in [0.5, 0.6) is 0 Å². The van der Waals surface area contributed by atoms with E-state index in [0.717, 1.165) is 10.9 Å². The smallest absolute Gasteiger partial charge is 0.236 e. The van der Waals surface area contributed by atoms with Crippen molar-refractivity contribution in [2.75, 3.05) is 5.32 Å². The van der Waals surface area contributed by atoms with Crippen molar-refractivity contribution in [3.8, 4) is 0 Å². The number of anilines is 1. The highest BCUT2D eigenvalue weighted by Gasteiger charge is 2.31. The van der Waals surface area contributed by atoms with E-state index in [1.807, 2.05) is 6.07 Å². The largest absolute Gasteiger partial charge is 0.436 e. The van der Waals surface area contributed by atoms with E-state index in [1.165, 1.54) is 0 Å². The highest BCUT2D eigenvalue weighted by atomic mass is 16.5. The van der Waals surface area contributed by atoms with Crippen LogP contribution in [0, 0.1) is 0 Å². The average Bonchev–Trinajstić information content (AvgIpc) is 3.18. The van der Waals surface area contributed by atoms with Gasteiger partial charge in [0.15, 0.2) is 12.0 Å². The van der Waals surface area contributed by atoms with Gasteiger partial charge in [0.2, 0.25) is 11.7 Å². The van der Waals surface area contributed by atoms with Crippen LogP contribution < -0.4 is 5.32 Å². The Labute approximate surface area is 142 Å². The Balaban J connectivity index is 1.67. The molecule has 7 heteroatoms. The van der Waals surface area contributed by atoms with Crippen molar-refractivity contribution in [3.63, 3.8) is 0 Å². The molecule has 0 spiro atoms. The molecule has 0 amide bonds. The number of ketones is 1. The minimum atomic E-state index is -0.473. The molecule has 0 saturated heterocycles. The molecule has 0 radical (unpaired) electrons. The molecule has 0 aromatic carbocycles. The van der Waals surface area contributed by atoms with Gasteiger partial charge in [0, 0.05) is 29.5 Å². The number of fused-ring (bicyclic) bond motifs is 1. The molecule has 0 fully saturated rings. The zero-order valence-corrected chi connectivity index (χ0v) is 12.9. The van der Waals surface area contributed by atoms with Crippen LogP contribution in [0.15, 0.2) is 66.3 Å². The number of aromatic nitrogens is 3. The number of carbonyl (C=O) groups is 2. The molecule has 0 aliphatic carbocycles. The summed E-state index contributed by atoms with van der Waals surface area (Å²) in [7, 11) is 0. The van der Waals surface area contributed by atoms with E-state index in [1.54, 1.807) is 49.1 Å². The molecule has 25 heavy (non-hydrogen) atoms. The third-order valence-corrected chi connectivity index (χ3v) is 3.73. The Hall–Kier alpha value is -3.74. The standard InChI is InChI=1S/C18H12N4O3/c23-10-14-16(24)15(25-18(14)22-12-3-1-5-19-9-12)7-11-8-21-17-13(11)4-2-6-20-17/h1-10,22H,(H,20,21)/b15-7-. The van der Waals surface area contributed by atoms with Crippen LogP contribution in [0.4, 0.5) is 5.69 Å². The van der Waals surface area contributed by atoms with E-state index in [2.05, 4.69) is 20.3 Å². The van der Waals surface area contributed by atoms with Gasteiger partial charge in [-0.25, -0.2) is 4.98 Å². The first-order chi connectivity index (χ1) is 12.3. The topological polar surface area (TPSA) is 97.0 Å². The van der Waals surface area contributed by atoms with Crippen LogP contribution in [-0.4, -0.2) is 27.0 Å². The maximum atomic E-state index is 12.4. The lowest BCUT2D eigenvalue weighted by Gasteiger charge is -2.07. The maximum absolute atomic E-state index is 12.4. The number of hydrogen-bond acceptors (Lipinski definition) is 6. The second kappa shape index (κ2) is 6.04. The van der Waals surface area contributed by atoms with Crippen LogP contribution in [0.1, 0.15) is 5.56 Å². The molecule has 0 bridgehead atoms. The summed E-state index contributed by atoms with van der Waals surface area (Å²) in [5.74, 6) is -0.310. The van der Waals surface area contributed by atoms with Crippen LogP contribution in [0.25, 0.3) is 17.1 Å². The summed E-state index contributed by atoms with van der Waals surface area (Å²) >= 11 is 0. The highest BCUT2D eigenvalue weighted by molar-refractivity contribution is 6.23. The fourth-order valence-electron chi connectivity index (χ4n) is 2.55. The van der Waals surface area contributed by atoms with Crippen LogP contribution >= 0.6 is 0 Å². The second-order valence-electron chi connectivity index (χ2n) is 5.31. The van der Waals surface area contributed by atoms with Crippen molar-refractivity contribution in [3.05, 3.63) is 71.8 Å². The van der Waals surface area contributed by atoms with Gasteiger partial charge in [0.1, 0.15) is 11.2 Å². The summed E-state index contributed by atoms with van der Waals surface area (Å²) in [6, 6.07) is 7.17. The summed E-state index contributed by atoms with van der Waals surface area (Å²) in [6.45, 7) is 0. The number of nitrogens with zero attached hydrogens (tertiary/aromatic N) is 2. The van der Waals surface area contributed by atoms with Gasteiger partial charge in [0.25, 0.3) is 0 Å². The molecule has 0 saturated carbocycles. The molecular weight excluding hydrogens is 320 g/mol. The van der Waals surface area contributed by atoms with E-state index >= 15 is 0 Å². The summed E-state index contributed by atoms with van der Waals surface area (Å²) in [5.41, 5.74) is 2.01. The summed E-state index contributed by atoms with van der Waals surface area (Å²) in [4.78, 5) is 35.0. The summed E-state index contributed by atoms with van der Waals surface area (Å²) in [5, 5.41) is 3.76. The fraction of sp³-hybridized carbons (Fsp3) is 0. The second-order valence-corrected chi connectivity index (χ2v) is 5.31. The number of aromatic amines is 1. The zero-order chi connectivity index (χ0) is 17.2. The first-order valence-corrected chi connectivity index (χ1v) is 7.49. The maximum Gasteiger partial charge on any atom is 0.236 e. The van der Waals surface area contributed by atoms with E-state index in [-0.39, 0.29) is 17.2 Å². The summed E-state index contributed by atoms with van der Waals surface area (Å²) in [6.07, 6.45) is 8.67. The Bertz CT molecular complexity index is 1030. The number of H-pyrrole nitrogens is 1. The number of carbonyl (C=O) groups excluding carboxylic acids is 2. The van der Waals surface area contributed by atoms with Crippen molar-refractivity contribution in [2.45, 2.75) is 0 Å². The third kappa shape index (κ3) is 2.67. The molecule has 3 aromatic heterocycles. The number of hydrogen-bond donors (Lipinski definition) is 2. The van der Waals surface area contributed by atoms with E-state index in [0.29, 0.717) is 17.6 Å². The number of nitrogens with one attached hydrogen (secondary N) is 2. The van der Waals surface area contributed by atoms with Gasteiger partial charge in [-0.15, -0.1) is 0 Å². The SMILES string of the molecule is O=CC1=C(Nc2cccnc2)O/C(=C\c2c[nH]c3ncccc23)C1=O. The van der Waals surface area contributed by atoms with Gasteiger partial charge in [-0.05, 0) is 30.3 Å². The molecule has 0 atom stereocenters. The number of allylic oxidation sites excluding steroid dienone is 1. The van der Waals surface area contributed by atoms with Gasteiger partial charge < -0.3 is 15.0 Å². The van der Waals surface area contributed by atoms with E-state index in [9.17, 15) is 9.59 Å². The Morgan fingerprint density at radius 2 is 2.08 bits per heavy atom. The summed E-state index contributed by atoms with van der Waals surface area (Å²) < 4.78 is 5.59. The van der Waals surface area contributed by atoms with Crippen molar-refractivity contribution in [1.29, 1.82) is 0 Å². The van der Waals surface area contributed by atoms with Crippen LogP contribution in [-0.2, 0) is 14.3 Å². The number of pyridine rings is 2. The Kier molecular flexibility index (Phi) is 3.59. The van der Waals surface area contributed by atoms with Gasteiger partial charge in [-0.1, -0.05) is 0 Å². The van der Waals surface area contributed by atoms with Gasteiger partial charge in [-0.2, -0.15) is 0 Å². The molecule has 4 rings (SSSR count). The normalized spacial score (nSPS) is 15.7. The lowest BCUT2D eigenvalue weighted by Crippen LogP contribution is -2.03. The van der Waals surface area contributed by atoms with E-state index < -0.39 is 5.78 Å². The predicted molar refractivity (Wildman–Crippen MR) is 91.1 cm³/mol. The fourth-order valence-corrected chi connectivity index (χ4v) is 2.55. The van der Waals surface area contributed by atoms with Gasteiger partial charge >= 0.3 is 0 Å². The Morgan fingerprint density at radius 1 is 1.20 bits per heavy atom. The van der Waals surface area contributed by atoms with Crippen molar-refractivity contribution in [1.82, 2.24) is 15.0 Å². The molecule has 1 aliphatic rings. The lowest BCUT2D eigenvalue weighted by molar-refractivity contribution is -0.115. The minimum absolute atomic E-state index is 0.0620.